The summed E-state index contributed by atoms with van der Waals surface area (Å²) in [6, 6.07) is 10.1. The van der Waals surface area contributed by atoms with E-state index in [2.05, 4.69) is 24.0 Å². The summed E-state index contributed by atoms with van der Waals surface area (Å²) in [6.45, 7) is 4.79. The number of benzene rings is 1. The van der Waals surface area contributed by atoms with Crippen LogP contribution in [0.25, 0.3) is 0 Å². The van der Waals surface area contributed by atoms with E-state index in [1.165, 1.54) is 5.56 Å². The standard InChI is InChI=1S/C13H18ClN3/c1-11(14)8-13(17(2)10-15)16-9-12-6-4-3-5-7-12/h3-8,16H,1,9-10,15H2,2H3/b13-8-. The maximum absolute atomic E-state index is 5.78. The van der Waals surface area contributed by atoms with Crippen LogP contribution in [0.5, 0.6) is 0 Å². The molecule has 1 aromatic rings. The minimum Gasteiger partial charge on any atom is -0.368 e. The summed E-state index contributed by atoms with van der Waals surface area (Å²) < 4.78 is 0. The normalized spacial score (nSPS) is 11.1. The Morgan fingerprint density at radius 1 is 1.47 bits per heavy atom. The zero-order chi connectivity index (χ0) is 12.7. The summed E-state index contributed by atoms with van der Waals surface area (Å²) in [6.07, 6.45) is 1.76. The molecule has 0 radical (unpaired) electrons. The molecule has 3 N–H and O–H groups in total. The Labute approximate surface area is 108 Å². The molecule has 0 aliphatic rings. The average Bonchev–Trinajstić information content (AvgIpc) is 2.34. The molecule has 0 spiro atoms. The van der Waals surface area contributed by atoms with Crippen LogP contribution in [0.1, 0.15) is 5.56 Å². The van der Waals surface area contributed by atoms with Crippen molar-refractivity contribution in [2.24, 2.45) is 5.73 Å². The van der Waals surface area contributed by atoms with Crippen molar-refractivity contribution in [1.29, 1.82) is 0 Å². The lowest BCUT2D eigenvalue weighted by atomic mass is 10.2. The van der Waals surface area contributed by atoms with Gasteiger partial charge in [-0.25, -0.2) is 0 Å². The lowest BCUT2D eigenvalue weighted by Gasteiger charge is -2.22. The quantitative estimate of drug-likeness (QED) is 0.602. The van der Waals surface area contributed by atoms with Crippen molar-refractivity contribution in [3.63, 3.8) is 0 Å². The summed E-state index contributed by atoms with van der Waals surface area (Å²) in [7, 11) is 1.89. The molecule has 0 amide bonds. The summed E-state index contributed by atoms with van der Waals surface area (Å²) >= 11 is 5.78. The van der Waals surface area contributed by atoms with Gasteiger partial charge in [-0.05, 0) is 11.6 Å². The van der Waals surface area contributed by atoms with Crippen LogP contribution in [0, 0.1) is 0 Å². The topological polar surface area (TPSA) is 41.3 Å². The Kier molecular flexibility index (Phi) is 5.60. The molecule has 17 heavy (non-hydrogen) atoms. The fourth-order valence-electron chi connectivity index (χ4n) is 1.33. The second-order valence-corrected chi connectivity index (χ2v) is 4.18. The molecular formula is C13H18ClN3. The smallest absolute Gasteiger partial charge is 0.104 e. The van der Waals surface area contributed by atoms with Gasteiger partial charge in [-0.15, -0.1) is 0 Å². The molecule has 0 saturated heterocycles. The fourth-order valence-corrected chi connectivity index (χ4v) is 1.43. The monoisotopic (exact) mass is 251 g/mol. The zero-order valence-corrected chi connectivity index (χ0v) is 10.7. The molecule has 0 atom stereocenters. The molecule has 3 nitrogen and oxygen atoms in total. The molecule has 0 unspecified atom stereocenters. The highest BCUT2D eigenvalue weighted by atomic mass is 35.5. The molecule has 4 heteroatoms. The Balaban J connectivity index is 2.65. The van der Waals surface area contributed by atoms with E-state index in [0.29, 0.717) is 11.7 Å². The zero-order valence-electron chi connectivity index (χ0n) is 9.99. The molecular weight excluding hydrogens is 234 g/mol. The fraction of sp³-hybridized carbons (Fsp3) is 0.231. The highest BCUT2D eigenvalue weighted by Gasteiger charge is 2.02. The van der Waals surface area contributed by atoms with Crippen molar-refractivity contribution in [2.75, 3.05) is 13.7 Å². The molecule has 0 aromatic heterocycles. The van der Waals surface area contributed by atoms with Gasteiger partial charge in [0.05, 0.1) is 6.67 Å². The molecule has 0 fully saturated rings. The Morgan fingerprint density at radius 3 is 2.65 bits per heavy atom. The van der Waals surface area contributed by atoms with E-state index in [1.807, 2.05) is 30.1 Å². The number of rotatable bonds is 6. The van der Waals surface area contributed by atoms with E-state index in [4.69, 9.17) is 17.3 Å². The van der Waals surface area contributed by atoms with E-state index in [0.717, 1.165) is 12.4 Å². The molecule has 0 aliphatic carbocycles. The molecule has 92 valence electrons. The van der Waals surface area contributed by atoms with Crippen LogP contribution in [0.15, 0.2) is 53.8 Å². The number of halogens is 1. The Morgan fingerprint density at radius 2 is 2.12 bits per heavy atom. The SMILES string of the molecule is C=C(Cl)/C=C(/NCc1ccccc1)N(C)CN. The number of nitrogens with one attached hydrogen (secondary N) is 1. The van der Waals surface area contributed by atoms with Crippen LogP contribution in [-0.2, 0) is 6.54 Å². The van der Waals surface area contributed by atoms with Gasteiger partial charge in [-0.1, -0.05) is 48.5 Å². The minimum atomic E-state index is 0.414. The molecule has 0 bridgehead atoms. The number of nitrogens with two attached hydrogens (primary N) is 1. The molecule has 0 aliphatic heterocycles. The highest BCUT2D eigenvalue weighted by Crippen LogP contribution is 2.06. The summed E-state index contributed by atoms with van der Waals surface area (Å²) in [4.78, 5) is 1.87. The van der Waals surface area contributed by atoms with Crippen LogP contribution in [0.4, 0.5) is 0 Å². The van der Waals surface area contributed by atoms with Crippen molar-refractivity contribution in [1.82, 2.24) is 10.2 Å². The van der Waals surface area contributed by atoms with E-state index in [-0.39, 0.29) is 0 Å². The summed E-state index contributed by atoms with van der Waals surface area (Å²) in [5.41, 5.74) is 6.79. The van der Waals surface area contributed by atoms with E-state index >= 15 is 0 Å². The largest absolute Gasteiger partial charge is 0.368 e. The summed E-state index contributed by atoms with van der Waals surface area (Å²) in [5.74, 6) is 0.858. The number of nitrogens with zero attached hydrogens (tertiary/aromatic N) is 1. The third-order valence-corrected chi connectivity index (χ3v) is 2.40. The van der Waals surface area contributed by atoms with E-state index < -0.39 is 0 Å². The van der Waals surface area contributed by atoms with Gasteiger partial charge in [0, 0.05) is 18.6 Å². The van der Waals surface area contributed by atoms with Crippen molar-refractivity contribution < 1.29 is 0 Å². The van der Waals surface area contributed by atoms with Crippen LogP contribution in [-0.4, -0.2) is 18.6 Å². The number of hydrogen-bond donors (Lipinski definition) is 2. The van der Waals surface area contributed by atoms with Crippen LogP contribution < -0.4 is 11.1 Å². The van der Waals surface area contributed by atoms with Gasteiger partial charge in [-0.2, -0.15) is 0 Å². The predicted molar refractivity (Wildman–Crippen MR) is 73.2 cm³/mol. The van der Waals surface area contributed by atoms with Gasteiger partial charge >= 0.3 is 0 Å². The van der Waals surface area contributed by atoms with Crippen molar-refractivity contribution in [3.8, 4) is 0 Å². The van der Waals surface area contributed by atoms with Crippen molar-refractivity contribution in [2.45, 2.75) is 6.54 Å². The summed E-state index contributed by atoms with van der Waals surface area (Å²) in [5, 5.41) is 3.75. The first-order valence-corrected chi connectivity index (χ1v) is 5.76. The molecule has 1 aromatic carbocycles. The van der Waals surface area contributed by atoms with Gasteiger partial charge in [0.15, 0.2) is 0 Å². The maximum atomic E-state index is 5.78. The van der Waals surface area contributed by atoms with Crippen molar-refractivity contribution >= 4 is 11.6 Å². The Bertz CT molecular complexity index is 387. The van der Waals surface area contributed by atoms with E-state index in [1.54, 1.807) is 6.08 Å². The molecule has 0 saturated carbocycles. The molecule has 0 heterocycles. The molecule has 1 rings (SSSR count). The minimum absolute atomic E-state index is 0.414. The lowest BCUT2D eigenvalue weighted by molar-refractivity contribution is 0.393. The number of allylic oxidation sites excluding steroid dienone is 2. The second-order valence-electron chi connectivity index (χ2n) is 3.70. The van der Waals surface area contributed by atoms with Gasteiger partial charge in [-0.3, -0.25) is 0 Å². The van der Waals surface area contributed by atoms with Gasteiger partial charge in [0.25, 0.3) is 0 Å². The van der Waals surface area contributed by atoms with Crippen LogP contribution in [0.3, 0.4) is 0 Å². The first kappa shape index (κ1) is 13.6. The van der Waals surface area contributed by atoms with E-state index in [9.17, 15) is 0 Å². The first-order chi connectivity index (χ1) is 8.13. The highest BCUT2D eigenvalue weighted by molar-refractivity contribution is 6.30. The van der Waals surface area contributed by atoms with Crippen LogP contribution in [0.2, 0.25) is 0 Å². The van der Waals surface area contributed by atoms with Gasteiger partial charge in [0.2, 0.25) is 0 Å². The second kappa shape index (κ2) is 6.99. The van der Waals surface area contributed by atoms with Gasteiger partial charge in [0.1, 0.15) is 5.82 Å². The number of hydrogen-bond acceptors (Lipinski definition) is 3. The van der Waals surface area contributed by atoms with Gasteiger partial charge < -0.3 is 16.0 Å². The predicted octanol–water partition coefficient (Wildman–Crippen LogP) is 2.22. The Hall–Kier alpha value is -1.45. The first-order valence-electron chi connectivity index (χ1n) is 5.38. The third kappa shape index (κ3) is 4.93. The van der Waals surface area contributed by atoms with Crippen LogP contribution >= 0.6 is 11.6 Å². The lowest BCUT2D eigenvalue weighted by Crippen LogP contribution is -2.32. The maximum Gasteiger partial charge on any atom is 0.104 e. The third-order valence-electron chi connectivity index (χ3n) is 2.29. The average molecular weight is 252 g/mol. The van der Waals surface area contributed by atoms with Crippen molar-refractivity contribution in [3.05, 3.63) is 59.4 Å².